The Morgan fingerprint density at radius 3 is 2.45 bits per heavy atom. The molecule has 0 atom stereocenters. The molecule has 0 fully saturated rings. The summed E-state index contributed by atoms with van der Waals surface area (Å²) in [6, 6.07) is 19.1. The lowest BCUT2D eigenvalue weighted by Crippen LogP contribution is -2.20. The number of benzene rings is 3. The van der Waals surface area contributed by atoms with Crippen LogP contribution in [-0.2, 0) is 13.2 Å². The Kier molecular flexibility index (Phi) is 4.85. The highest BCUT2D eigenvalue weighted by Gasteiger charge is 2.31. The average Bonchev–Trinajstić information content (AvgIpc) is 3.13. The van der Waals surface area contributed by atoms with Crippen LogP contribution in [0, 0.1) is 0 Å². The molecule has 164 valence electrons. The Morgan fingerprint density at radius 2 is 1.67 bits per heavy atom. The van der Waals surface area contributed by atoms with Crippen LogP contribution in [0.25, 0.3) is 33.2 Å². The molecule has 5 rings (SSSR count). The molecule has 5 aromatic rings. The van der Waals surface area contributed by atoms with E-state index in [4.69, 9.17) is 0 Å². The van der Waals surface area contributed by atoms with E-state index in [1.54, 1.807) is 24.3 Å². The largest absolute Gasteiger partial charge is 0.416 e. The molecule has 0 saturated heterocycles. The van der Waals surface area contributed by atoms with Crippen molar-refractivity contribution in [3.8, 4) is 11.4 Å². The zero-order chi connectivity index (χ0) is 23.2. The fourth-order valence-corrected chi connectivity index (χ4v) is 3.85. The second-order valence-corrected chi connectivity index (χ2v) is 7.61. The van der Waals surface area contributed by atoms with Crippen molar-refractivity contribution in [2.24, 2.45) is 12.1 Å². The second kappa shape index (κ2) is 7.74. The van der Waals surface area contributed by atoms with Gasteiger partial charge in [0.25, 0.3) is 5.56 Å². The maximum atomic E-state index is 13.3. The number of nitrogens with zero attached hydrogens (tertiary/aromatic N) is 4. The Morgan fingerprint density at radius 1 is 0.939 bits per heavy atom. The smallest absolute Gasteiger partial charge is 0.350 e. The number of aromatic nitrogens is 3. The van der Waals surface area contributed by atoms with E-state index in [1.807, 2.05) is 42.1 Å². The van der Waals surface area contributed by atoms with E-state index in [9.17, 15) is 18.0 Å². The minimum atomic E-state index is -4.52. The summed E-state index contributed by atoms with van der Waals surface area (Å²) in [5.74, 6) is 0.0290. The van der Waals surface area contributed by atoms with E-state index in [0.29, 0.717) is 10.9 Å². The Hall–Kier alpha value is -4.20. The third-order valence-electron chi connectivity index (χ3n) is 5.44. The highest BCUT2D eigenvalue weighted by Crippen LogP contribution is 2.32. The van der Waals surface area contributed by atoms with Crippen molar-refractivity contribution < 1.29 is 13.2 Å². The van der Waals surface area contributed by atoms with Gasteiger partial charge in [-0.15, -0.1) is 0 Å². The van der Waals surface area contributed by atoms with Crippen molar-refractivity contribution in [3.05, 3.63) is 100 Å². The molecule has 2 heterocycles. The molecule has 5 nitrogen and oxygen atoms in total. The van der Waals surface area contributed by atoms with Crippen LogP contribution in [0.5, 0.6) is 0 Å². The van der Waals surface area contributed by atoms with Crippen LogP contribution in [0.15, 0.2) is 88.9 Å². The lowest BCUT2D eigenvalue weighted by molar-refractivity contribution is -0.137. The molecule has 0 unspecified atom stereocenters. The van der Waals surface area contributed by atoms with Gasteiger partial charge in [0.2, 0.25) is 0 Å². The van der Waals surface area contributed by atoms with Gasteiger partial charge < -0.3 is 4.57 Å². The van der Waals surface area contributed by atoms with Gasteiger partial charge in [-0.05, 0) is 30.3 Å². The number of rotatable bonds is 3. The standard InChI is InChI=1S/C25H17F3N4O/c1-31-15-17(19-9-3-5-12-22(19)31)14-29-32-23(16-7-6-8-18(13-16)25(26,27)28)30-21-11-4-2-10-20(21)24(32)33/h2-15H,1H3. The van der Waals surface area contributed by atoms with Gasteiger partial charge in [-0.1, -0.05) is 42.5 Å². The number of para-hydroxylation sites is 2. The zero-order valence-corrected chi connectivity index (χ0v) is 17.4. The van der Waals surface area contributed by atoms with Crippen molar-refractivity contribution in [3.63, 3.8) is 0 Å². The minimum Gasteiger partial charge on any atom is -0.350 e. The van der Waals surface area contributed by atoms with Crippen molar-refractivity contribution in [1.82, 2.24) is 14.2 Å². The first-order valence-corrected chi connectivity index (χ1v) is 10.1. The predicted octanol–water partition coefficient (Wildman–Crippen LogP) is 5.46. The molecule has 3 aromatic carbocycles. The van der Waals surface area contributed by atoms with Gasteiger partial charge in [0.1, 0.15) is 0 Å². The summed E-state index contributed by atoms with van der Waals surface area (Å²) in [5, 5.41) is 5.64. The molecule has 0 radical (unpaired) electrons. The Bertz CT molecular complexity index is 1600. The van der Waals surface area contributed by atoms with Crippen molar-refractivity contribution in [2.75, 3.05) is 0 Å². The number of hydrogen-bond donors (Lipinski definition) is 0. The molecular weight excluding hydrogens is 429 g/mol. The van der Waals surface area contributed by atoms with Gasteiger partial charge in [0.05, 0.1) is 22.7 Å². The van der Waals surface area contributed by atoms with Crippen LogP contribution < -0.4 is 5.56 Å². The summed E-state index contributed by atoms with van der Waals surface area (Å²) < 4.78 is 42.9. The summed E-state index contributed by atoms with van der Waals surface area (Å²) in [6.45, 7) is 0. The van der Waals surface area contributed by atoms with Crippen LogP contribution in [0.4, 0.5) is 13.2 Å². The van der Waals surface area contributed by atoms with Crippen LogP contribution in [0.2, 0.25) is 0 Å². The van der Waals surface area contributed by atoms with Crippen LogP contribution in [0.1, 0.15) is 11.1 Å². The van der Waals surface area contributed by atoms with Crippen molar-refractivity contribution in [2.45, 2.75) is 6.18 Å². The molecule has 0 aliphatic heterocycles. The number of alkyl halides is 3. The highest BCUT2D eigenvalue weighted by atomic mass is 19.4. The maximum absolute atomic E-state index is 13.3. The topological polar surface area (TPSA) is 52.2 Å². The van der Waals surface area contributed by atoms with Crippen molar-refractivity contribution in [1.29, 1.82) is 0 Å². The number of hydrogen-bond acceptors (Lipinski definition) is 3. The van der Waals surface area contributed by atoms with Gasteiger partial charge in [-0.3, -0.25) is 4.79 Å². The molecule has 0 spiro atoms. The fourth-order valence-electron chi connectivity index (χ4n) is 3.85. The number of halogens is 3. The first kappa shape index (κ1) is 20.7. The molecule has 2 aromatic heterocycles. The van der Waals surface area contributed by atoms with Crippen LogP contribution in [0.3, 0.4) is 0 Å². The quantitative estimate of drug-likeness (QED) is 0.346. The van der Waals surface area contributed by atoms with Gasteiger partial charge >= 0.3 is 6.18 Å². The molecule has 8 heteroatoms. The summed E-state index contributed by atoms with van der Waals surface area (Å²) in [4.78, 5) is 17.8. The lowest BCUT2D eigenvalue weighted by atomic mass is 10.1. The van der Waals surface area contributed by atoms with E-state index in [0.717, 1.165) is 33.3 Å². The summed E-state index contributed by atoms with van der Waals surface area (Å²) in [5.41, 5.74) is 0.981. The predicted molar refractivity (Wildman–Crippen MR) is 122 cm³/mol. The third-order valence-corrected chi connectivity index (χ3v) is 5.44. The summed E-state index contributed by atoms with van der Waals surface area (Å²) >= 11 is 0. The monoisotopic (exact) mass is 446 g/mol. The van der Waals surface area contributed by atoms with E-state index in [1.165, 1.54) is 18.3 Å². The maximum Gasteiger partial charge on any atom is 0.416 e. The van der Waals surface area contributed by atoms with E-state index < -0.39 is 17.3 Å². The zero-order valence-electron chi connectivity index (χ0n) is 17.4. The fraction of sp³-hybridized carbons (Fsp3) is 0.0800. The van der Waals surface area contributed by atoms with E-state index in [-0.39, 0.29) is 11.4 Å². The van der Waals surface area contributed by atoms with Gasteiger partial charge in [-0.2, -0.15) is 22.9 Å². The van der Waals surface area contributed by atoms with Gasteiger partial charge in [0, 0.05) is 35.3 Å². The molecule has 0 bridgehead atoms. The van der Waals surface area contributed by atoms with Crippen LogP contribution >= 0.6 is 0 Å². The summed E-state index contributed by atoms with van der Waals surface area (Å²) in [6.07, 6.45) is -1.13. The van der Waals surface area contributed by atoms with E-state index >= 15 is 0 Å². The first-order valence-electron chi connectivity index (χ1n) is 10.1. The Balaban J connectivity index is 1.74. The lowest BCUT2D eigenvalue weighted by Gasteiger charge is -2.12. The molecule has 0 N–H and O–H groups in total. The van der Waals surface area contributed by atoms with Gasteiger partial charge in [0.15, 0.2) is 5.82 Å². The Labute approximate surface area is 186 Å². The second-order valence-electron chi connectivity index (χ2n) is 7.61. The first-order chi connectivity index (χ1) is 15.8. The minimum absolute atomic E-state index is 0.0290. The normalized spacial score (nSPS) is 12.2. The van der Waals surface area contributed by atoms with E-state index in [2.05, 4.69) is 10.1 Å². The molecular formula is C25H17F3N4O. The third kappa shape index (κ3) is 3.69. The average molecular weight is 446 g/mol. The highest BCUT2D eigenvalue weighted by molar-refractivity contribution is 5.99. The molecule has 0 amide bonds. The molecule has 0 saturated carbocycles. The molecule has 33 heavy (non-hydrogen) atoms. The number of fused-ring (bicyclic) bond motifs is 2. The molecule has 0 aliphatic rings. The van der Waals surface area contributed by atoms with Gasteiger partial charge in [-0.25, -0.2) is 4.98 Å². The number of aryl methyl sites for hydroxylation is 1. The summed E-state index contributed by atoms with van der Waals surface area (Å²) in [7, 11) is 1.90. The molecule has 0 aliphatic carbocycles. The van der Waals surface area contributed by atoms with Crippen molar-refractivity contribution >= 4 is 28.0 Å². The SMILES string of the molecule is Cn1cc(C=Nn2c(-c3cccc(C(F)(F)F)c3)nc3ccccc3c2=O)c2ccccc21. The van der Waals surface area contributed by atoms with Crippen LogP contribution in [-0.4, -0.2) is 20.4 Å².